The van der Waals surface area contributed by atoms with Crippen LogP contribution in [-0.4, -0.2) is 17.4 Å². The Morgan fingerprint density at radius 3 is 2.90 bits per heavy atom. The van der Waals surface area contributed by atoms with E-state index in [2.05, 4.69) is 5.32 Å². The molecule has 0 bridgehead atoms. The number of non-ortho nitro benzene ring substituents is 1. The van der Waals surface area contributed by atoms with Crippen LogP contribution in [-0.2, 0) is 11.3 Å². The van der Waals surface area contributed by atoms with Crippen molar-refractivity contribution in [2.45, 2.75) is 6.54 Å². The number of nitro groups is 1. The summed E-state index contributed by atoms with van der Waals surface area (Å²) in [5.74, 6) is 0.296. The van der Waals surface area contributed by atoms with Crippen molar-refractivity contribution < 1.29 is 18.9 Å². The average Bonchev–Trinajstić information content (AvgIpc) is 2.97. The SMILES string of the molecule is O=C(COc1cc([N+](=O)[O-])ccc1Cl)NCc1ccco1. The fourth-order valence-corrected chi connectivity index (χ4v) is 1.68. The third kappa shape index (κ3) is 4.22. The molecule has 1 amide bonds. The van der Waals surface area contributed by atoms with Crippen molar-refractivity contribution in [3.63, 3.8) is 0 Å². The van der Waals surface area contributed by atoms with Gasteiger partial charge in [0.25, 0.3) is 11.6 Å². The monoisotopic (exact) mass is 310 g/mol. The molecule has 1 aromatic heterocycles. The number of rotatable bonds is 6. The predicted molar refractivity (Wildman–Crippen MR) is 74.2 cm³/mol. The highest BCUT2D eigenvalue weighted by Crippen LogP contribution is 2.28. The minimum absolute atomic E-state index is 0.0824. The van der Waals surface area contributed by atoms with Gasteiger partial charge in [0.05, 0.1) is 28.8 Å². The van der Waals surface area contributed by atoms with Gasteiger partial charge in [0, 0.05) is 6.07 Å². The van der Waals surface area contributed by atoms with Crippen LogP contribution in [0.25, 0.3) is 0 Å². The number of amides is 1. The van der Waals surface area contributed by atoms with E-state index < -0.39 is 10.8 Å². The van der Waals surface area contributed by atoms with Crippen LogP contribution in [0.15, 0.2) is 41.0 Å². The number of ether oxygens (including phenoxy) is 1. The highest BCUT2D eigenvalue weighted by molar-refractivity contribution is 6.32. The number of furan rings is 1. The standard InChI is InChI=1S/C13H11ClN2O5/c14-11-4-3-9(16(18)19)6-12(11)21-8-13(17)15-7-10-2-1-5-20-10/h1-6H,7-8H2,(H,15,17). The van der Waals surface area contributed by atoms with Gasteiger partial charge >= 0.3 is 0 Å². The lowest BCUT2D eigenvalue weighted by molar-refractivity contribution is -0.384. The minimum Gasteiger partial charge on any atom is -0.482 e. The van der Waals surface area contributed by atoms with Gasteiger partial charge in [-0.25, -0.2) is 0 Å². The number of hydrogen-bond acceptors (Lipinski definition) is 5. The molecular weight excluding hydrogens is 300 g/mol. The van der Waals surface area contributed by atoms with Crippen molar-refractivity contribution in [3.05, 3.63) is 57.5 Å². The van der Waals surface area contributed by atoms with E-state index in [0.717, 1.165) is 0 Å². The van der Waals surface area contributed by atoms with Gasteiger partial charge in [0.1, 0.15) is 11.5 Å². The second-order valence-corrected chi connectivity index (χ2v) is 4.42. The van der Waals surface area contributed by atoms with Crippen LogP contribution in [0.1, 0.15) is 5.76 Å². The first kappa shape index (κ1) is 14.9. The summed E-state index contributed by atoms with van der Waals surface area (Å²) in [5, 5.41) is 13.4. The van der Waals surface area contributed by atoms with Gasteiger partial charge in [-0.05, 0) is 18.2 Å². The van der Waals surface area contributed by atoms with Crippen LogP contribution in [0.3, 0.4) is 0 Å². The van der Waals surface area contributed by atoms with Crippen molar-refractivity contribution in [2.75, 3.05) is 6.61 Å². The Bertz CT molecular complexity index is 642. The number of hydrogen-bond donors (Lipinski definition) is 1. The molecular formula is C13H11ClN2O5. The first-order chi connectivity index (χ1) is 10.1. The van der Waals surface area contributed by atoms with Gasteiger partial charge in [-0.3, -0.25) is 14.9 Å². The molecule has 0 saturated heterocycles. The zero-order valence-electron chi connectivity index (χ0n) is 10.7. The number of carbonyl (C=O) groups is 1. The van der Waals surface area contributed by atoms with Crippen molar-refractivity contribution in [1.29, 1.82) is 0 Å². The maximum atomic E-state index is 11.6. The smallest absolute Gasteiger partial charge is 0.273 e. The summed E-state index contributed by atoms with van der Waals surface area (Å²) in [5.41, 5.74) is -0.162. The van der Waals surface area contributed by atoms with Gasteiger partial charge in [-0.15, -0.1) is 0 Å². The summed E-state index contributed by atoms with van der Waals surface area (Å²) in [6.45, 7) is -0.0700. The normalized spacial score (nSPS) is 10.1. The molecule has 0 fully saturated rings. The average molecular weight is 311 g/mol. The van der Waals surface area contributed by atoms with E-state index in [1.165, 1.54) is 24.5 Å². The van der Waals surface area contributed by atoms with Crippen LogP contribution >= 0.6 is 11.6 Å². The lowest BCUT2D eigenvalue weighted by atomic mass is 10.3. The van der Waals surface area contributed by atoms with E-state index in [9.17, 15) is 14.9 Å². The van der Waals surface area contributed by atoms with E-state index in [1.807, 2.05) is 0 Å². The molecule has 0 spiro atoms. The summed E-state index contributed by atoms with van der Waals surface area (Å²) < 4.78 is 10.2. The van der Waals surface area contributed by atoms with Gasteiger partial charge in [0.15, 0.2) is 6.61 Å². The zero-order chi connectivity index (χ0) is 15.2. The molecule has 1 aromatic carbocycles. The number of benzene rings is 1. The summed E-state index contributed by atoms with van der Waals surface area (Å²) >= 11 is 5.85. The maximum Gasteiger partial charge on any atom is 0.273 e. The Hall–Kier alpha value is -2.54. The fourth-order valence-electron chi connectivity index (χ4n) is 1.51. The first-order valence-corrected chi connectivity index (χ1v) is 6.30. The molecule has 2 aromatic rings. The summed E-state index contributed by atoms with van der Waals surface area (Å²) in [4.78, 5) is 21.7. The second-order valence-electron chi connectivity index (χ2n) is 4.02. The van der Waals surface area contributed by atoms with Crippen LogP contribution < -0.4 is 10.1 Å². The minimum atomic E-state index is -0.569. The molecule has 1 heterocycles. The molecule has 110 valence electrons. The maximum absolute atomic E-state index is 11.6. The van der Waals surface area contributed by atoms with Crippen LogP contribution in [0.4, 0.5) is 5.69 Å². The lowest BCUT2D eigenvalue weighted by Crippen LogP contribution is -2.28. The van der Waals surface area contributed by atoms with Crippen LogP contribution in [0.5, 0.6) is 5.75 Å². The summed E-state index contributed by atoms with van der Waals surface area (Å²) in [6, 6.07) is 7.20. The molecule has 0 aliphatic carbocycles. The van der Waals surface area contributed by atoms with Gasteiger partial charge < -0.3 is 14.5 Å². The molecule has 0 aliphatic rings. The Kier molecular flexibility index (Phi) is 4.78. The number of nitrogens with one attached hydrogen (secondary N) is 1. The van der Waals surface area contributed by atoms with Gasteiger partial charge in [-0.2, -0.15) is 0 Å². The van der Waals surface area contributed by atoms with E-state index >= 15 is 0 Å². The molecule has 0 saturated carbocycles. The van der Waals surface area contributed by atoms with E-state index in [1.54, 1.807) is 12.1 Å². The van der Waals surface area contributed by atoms with E-state index in [-0.39, 0.29) is 29.6 Å². The third-order valence-electron chi connectivity index (χ3n) is 2.52. The van der Waals surface area contributed by atoms with Crippen LogP contribution in [0, 0.1) is 10.1 Å². The quantitative estimate of drug-likeness (QED) is 0.653. The third-order valence-corrected chi connectivity index (χ3v) is 2.84. The number of nitrogens with zero attached hydrogens (tertiary/aromatic N) is 1. The van der Waals surface area contributed by atoms with Crippen molar-refractivity contribution in [3.8, 4) is 5.75 Å². The molecule has 8 heteroatoms. The van der Waals surface area contributed by atoms with Gasteiger partial charge in [-0.1, -0.05) is 11.6 Å². The van der Waals surface area contributed by atoms with Gasteiger partial charge in [0.2, 0.25) is 0 Å². The molecule has 0 radical (unpaired) electrons. The molecule has 0 unspecified atom stereocenters. The second kappa shape index (κ2) is 6.76. The first-order valence-electron chi connectivity index (χ1n) is 5.92. The fraction of sp³-hybridized carbons (Fsp3) is 0.154. The topological polar surface area (TPSA) is 94.6 Å². The highest BCUT2D eigenvalue weighted by atomic mass is 35.5. The molecule has 7 nitrogen and oxygen atoms in total. The Labute approximate surface area is 124 Å². The number of halogens is 1. The molecule has 2 rings (SSSR count). The molecule has 0 aliphatic heterocycles. The predicted octanol–water partition coefficient (Wildman–Crippen LogP) is 2.54. The molecule has 21 heavy (non-hydrogen) atoms. The number of carbonyl (C=O) groups excluding carboxylic acids is 1. The molecule has 0 atom stereocenters. The Morgan fingerprint density at radius 2 is 2.24 bits per heavy atom. The zero-order valence-corrected chi connectivity index (χ0v) is 11.5. The summed E-state index contributed by atoms with van der Waals surface area (Å²) in [7, 11) is 0. The van der Waals surface area contributed by atoms with Crippen molar-refractivity contribution in [2.24, 2.45) is 0 Å². The summed E-state index contributed by atoms with van der Waals surface area (Å²) in [6.07, 6.45) is 1.50. The Balaban J connectivity index is 1.88. The Morgan fingerprint density at radius 1 is 1.43 bits per heavy atom. The highest BCUT2D eigenvalue weighted by Gasteiger charge is 2.12. The van der Waals surface area contributed by atoms with E-state index in [0.29, 0.717) is 5.76 Å². The largest absolute Gasteiger partial charge is 0.482 e. The van der Waals surface area contributed by atoms with E-state index in [4.69, 9.17) is 20.8 Å². The van der Waals surface area contributed by atoms with Crippen LogP contribution in [0.2, 0.25) is 5.02 Å². The van der Waals surface area contributed by atoms with Crippen molar-refractivity contribution in [1.82, 2.24) is 5.32 Å². The lowest BCUT2D eigenvalue weighted by Gasteiger charge is -2.08. The van der Waals surface area contributed by atoms with Crippen molar-refractivity contribution >= 4 is 23.2 Å². The number of nitro benzene ring substituents is 1. The molecule has 1 N–H and O–H groups in total.